The molecule has 5 heterocycles. The molecule has 0 bridgehead atoms. The number of hydrogen-bond donors (Lipinski definition) is 0. The predicted molar refractivity (Wildman–Crippen MR) is 134 cm³/mol. The van der Waals surface area contributed by atoms with Crippen LogP contribution in [0.2, 0.25) is 5.02 Å². The van der Waals surface area contributed by atoms with Crippen molar-refractivity contribution in [2.75, 3.05) is 24.5 Å². The Hall–Kier alpha value is -2.94. The van der Waals surface area contributed by atoms with Gasteiger partial charge < -0.3 is 9.47 Å². The lowest BCUT2D eigenvalue weighted by Gasteiger charge is -2.40. The Balaban J connectivity index is 1.42. The molecule has 6 rings (SSSR count). The summed E-state index contributed by atoms with van der Waals surface area (Å²) in [6, 6.07) is 14.6. The van der Waals surface area contributed by atoms with Gasteiger partial charge in [0.1, 0.15) is 0 Å². The van der Waals surface area contributed by atoms with Gasteiger partial charge in [0.25, 0.3) is 0 Å². The molecule has 0 radical (unpaired) electrons. The molecule has 9 heteroatoms. The molecular weight excluding hydrogens is 454 g/mol. The molecule has 7 nitrogen and oxygen atoms in total. The third-order valence-corrected chi connectivity index (χ3v) is 7.59. The Morgan fingerprint density at radius 2 is 2.03 bits per heavy atom. The minimum Gasteiger partial charge on any atom is -0.353 e. The monoisotopic (exact) mass is 477 g/mol. The molecule has 0 saturated carbocycles. The van der Waals surface area contributed by atoms with E-state index < -0.39 is 0 Å². The number of aryl methyl sites for hydroxylation is 1. The van der Waals surface area contributed by atoms with Crippen LogP contribution in [-0.4, -0.2) is 54.7 Å². The van der Waals surface area contributed by atoms with Gasteiger partial charge in [-0.25, -0.2) is 9.38 Å². The van der Waals surface area contributed by atoms with E-state index in [1.165, 1.54) is 5.69 Å². The Labute approximate surface area is 200 Å². The summed E-state index contributed by atoms with van der Waals surface area (Å²) in [5.74, 6) is 1.71. The number of fused-ring (bicyclic) bond motifs is 3. The second kappa shape index (κ2) is 8.13. The van der Waals surface area contributed by atoms with E-state index in [-0.39, 0.29) is 0 Å². The van der Waals surface area contributed by atoms with E-state index in [1.54, 1.807) is 11.3 Å². The predicted octanol–water partition coefficient (Wildman–Crippen LogP) is 4.71. The van der Waals surface area contributed by atoms with Crippen LogP contribution >= 0.6 is 22.9 Å². The number of anilines is 1. The maximum Gasteiger partial charge on any atom is 0.213 e. The van der Waals surface area contributed by atoms with Crippen molar-refractivity contribution >= 4 is 45.4 Å². The first-order chi connectivity index (χ1) is 16.1. The summed E-state index contributed by atoms with van der Waals surface area (Å²) in [5.41, 5.74) is 2.98. The van der Waals surface area contributed by atoms with E-state index in [0.717, 1.165) is 59.4 Å². The minimum absolute atomic E-state index is 0.377. The second-order valence-electron chi connectivity index (χ2n) is 8.61. The van der Waals surface area contributed by atoms with Gasteiger partial charge in [-0.2, -0.15) is 0 Å². The molecular formula is C24H24ClN7S. The van der Waals surface area contributed by atoms with E-state index in [9.17, 15) is 0 Å². The lowest BCUT2D eigenvalue weighted by atomic mass is 10.2. The molecule has 1 fully saturated rings. The van der Waals surface area contributed by atoms with Crippen molar-refractivity contribution in [1.82, 2.24) is 29.0 Å². The molecule has 1 unspecified atom stereocenters. The first-order valence-corrected chi connectivity index (χ1v) is 12.3. The number of rotatable bonds is 4. The van der Waals surface area contributed by atoms with Gasteiger partial charge in [0.2, 0.25) is 5.95 Å². The lowest BCUT2D eigenvalue weighted by molar-refractivity contribution is 0.176. The highest BCUT2D eigenvalue weighted by molar-refractivity contribution is 7.13. The average molecular weight is 478 g/mol. The van der Waals surface area contributed by atoms with Crippen molar-refractivity contribution in [3.8, 4) is 10.7 Å². The van der Waals surface area contributed by atoms with Gasteiger partial charge >= 0.3 is 0 Å². The molecule has 1 aliphatic heterocycles. The molecule has 1 atom stereocenters. The summed E-state index contributed by atoms with van der Waals surface area (Å²) in [6.45, 7) is 5.95. The zero-order chi connectivity index (χ0) is 22.5. The average Bonchev–Trinajstić information content (AvgIpc) is 3.55. The van der Waals surface area contributed by atoms with Crippen LogP contribution < -0.4 is 4.90 Å². The zero-order valence-electron chi connectivity index (χ0n) is 18.5. The number of thiophene rings is 1. The van der Waals surface area contributed by atoms with Gasteiger partial charge in [0, 0.05) is 61.6 Å². The maximum absolute atomic E-state index is 6.31. The molecule has 0 N–H and O–H groups in total. The Bertz CT molecular complexity index is 1440. The van der Waals surface area contributed by atoms with E-state index in [4.69, 9.17) is 16.6 Å². The second-order valence-corrected chi connectivity index (χ2v) is 9.99. The van der Waals surface area contributed by atoms with Crippen molar-refractivity contribution in [3.05, 3.63) is 64.8 Å². The summed E-state index contributed by atoms with van der Waals surface area (Å²) in [7, 11) is 2.11. The summed E-state index contributed by atoms with van der Waals surface area (Å²) in [4.78, 5) is 11.1. The van der Waals surface area contributed by atoms with Crippen LogP contribution in [0.3, 0.4) is 0 Å². The Kier molecular flexibility index (Phi) is 5.09. The topological polar surface area (TPSA) is 54.5 Å². The SMILES string of the molecule is CC1CN(c2nc3cc(Cl)ccc3c3nnc(-c4cccs4)n23)CCN1Cc1cccn1C. The summed E-state index contributed by atoms with van der Waals surface area (Å²) in [6.07, 6.45) is 2.11. The summed E-state index contributed by atoms with van der Waals surface area (Å²) < 4.78 is 4.31. The van der Waals surface area contributed by atoms with E-state index in [1.807, 2.05) is 24.3 Å². The number of halogens is 1. The van der Waals surface area contributed by atoms with Crippen LogP contribution in [-0.2, 0) is 13.6 Å². The zero-order valence-corrected chi connectivity index (χ0v) is 20.1. The fraction of sp³-hybridized carbons (Fsp3) is 0.292. The largest absolute Gasteiger partial charge is 0.353 e. The molecule has 168 valence electrons. The molecule has 0 amide bonds. The van der Waals surface area contributed by atoms with E-state index >= 15 is 0 Å². The Morgan fingerprint density at radius 3 is 2.79 bits per heavy atom. The fourth-order valence-electron chi connectivity index (χ4n) is 4.65. The number of benzene rings is 1. The lowest BCUT2D eigenvalue weighted by Crippen LogP contribution is -2.52. The van der Waals surface area contributed by atoms with Crippen LogP contribution in [0.15, 0.2) is 54.0 Å². The molecule has 5 aromatic rings. The van der Waals surface area contributed by atoms with Crippen LogP contribution in [0, 0.1) is 0 Å². The molecule has 4 aromatic heterocycles. The summed E-state index contributed by atoms with van der Waals surface area (Å²) >= 11 is 7.98. The smallest absolute Gasteiger partial charge is 0.213 e. The molecule has 1 aromatic carbocycles. The third kappa shape index (κ3) is 3.58. The van der Waals surface area contributed by atoms with Gasteiger partial charge in [-0.05, 0) is 48.7 Å². The number of piperazine rings is 1. The van der Waals surface area contributed by atoms with Gasteiger partial charge in [-0.1, -0.05) is 17.7 Å². The molecule has 0 aliphatic carbocycles. The summed E-state index contributed by atoms with van der Waals surface area (Å²) in [5, 5.41) is 12.8. The minimum atomic E-state index is 0.377. The molecule has 1 saturated heterocycles. The Morgan fingerprint density at radius 1 is 1.12 bits per heavy atom. The van der Waals surface area contributed by atoms with Crippen molar-refractivity contribution in [2.45, 2.75) is 19.5 Å². The maximum atomic E-state index is 6.31. The fourth-order valence-corrected chi connectivity index (χ4v) is 5.52. The standard InChI is InChI=1S/C24H24ClN7S/c1-16-14-31(11-10-30(16)15-18-5-3-9-29(18)2)24-26-20-13-17(25)7-8-19(20)22-27-28-23(32(22)24)21-6-4-12-33-21/h3-9,12-13,16H,10-11,14-15H2,1-2H3. The highest BCUT2D eigenvalue weighted by Gasteiger charge is 2.28. The van der Waals surface area contributed by atoms with Gasteiger partial charge in [-0.15, -0.1) is 21.5 Å². The number of hydrogen-bond acceptors (Lipinski definition) is 6. The molecule has 1 aliphatic rings. The normalized spacial score (nSPS) is 17.4. The first-order valence-electron chi connectivity index (χ1n) is 11.1. The highest BCUT2D eigenvalue weighted by atomic mass is 35.5. The highest BCUT2D eigenvalue weighted by Crippen LogP contribution is 2.32. The van der Waals surface area contributed by atoms with Crippen LogP contribution in [0.1, 0.15) is 12.6 Å². The first kappa shape index (κ1) is 20.7. The third-order valence-electron chi connectivity index (χ3n) is 6.49. The van der Waals surface area contributed by atoms with Gasteiger partial charge in [-0.3, -0.25) is 4.90 Å². The van der Waals surface area contributed by atoms with Crippen molar-refractivity contribution in [2.24, 2.45) is 7.05 Å². The van der Waals surface area contributed by atoms with Crippen LogP contribution in [0.25, 0.3) is 27.3 Å². The quantitative estimate of drug-likeness (QED) is 0.375. The van der Waals surface area contributed by atoms with Crippen LogP contribution in [0.5, 0.6) is 0 Å². The number of aromatic nitrogens is 5. The van der Waals surface area contributed by atoms with Crippen LogP contribution in [0.4, 0.5) is 5.95 Å². The number of nitrogens with zero attached hydrogens (tertiary/aromatic N) is 7. The van der Waals surface area contributed by atoms with Gasteiger partial charge in [0.05, 0.1) is 10.4 Å². The van der Waals surface area contributed by atoms with E-state index in [2.05, 4.69) is 72.7 Å². The van der Waals surface area contributed by atoms with Gasteiger partial charge in [0.15, 0.2) is 11.5 Å². The van der Waals surface area contributed by atoms with Crippen molar-refractivity contribution in [1.29, 1.82) is 0 Å². The molecule has 0 spiro atoms. The molecule has 33 heavy (non-hydrogen) atoms. The van der Waals surface area contributed by atoms with E-state index in [0.29, 0.717) is 11.1 Å². The van der Waals surface area contributed by atoms with Crippen molar-refractivity contribution < 1.29 is 0 Å². The van der Waals surface area contributed by atoms with Crippen molar-refractivity contribution in [3.63, 3.8) is 0 Å².